The van der Waals surface area contributed by atoms with Gasteiger partial charge in [0, 0.05) is 17.1 Å². The first kappa shape index (κ1) is 30.8. The Labute approximate surface area is 309 Å². The Morgan fingerprint density at radius 2 is 0.774 bits per heavy atom. The van der Waals surface area contributed by atoms with Gasteiger partial charge in [-0.3, -0.25) is 0 Å². The maximum absolute atomic E-state index is 2.41. The van der Waals surface area contributed by atoms with Crippen LogP contribution in [0.1, 0.15) is 0 Å². The first-order valence-electron chi connectivity index (χ1n) is 18.3. The lowest BCUT2D eigenvalue weighted by molar-refractivity contribution is 1.29. The van der Waals surface area contributed by atoms with E-state index < -0.39 is 0 Å². The molecule has 0 radical (unpaired) electrons. The fourth-order valence-corrected chi connectivity index (χ4v) is 7.97. The summed E-state index contributed by atoms with van der Waals surface area (Å²) in [5, 5.41) is 9.98. The first-order chi connectivity index (χ1) is 26.3. The lowest BCUT2D eigenvalue weighted by atomic mass is 9.90. The van der Waals surface area contributed by atoms with E-state index in [-0.39, 0.29) is 0 Å². The summed E-state index contributed by atoms with van der Waals surface area (Å²) >= 11 is 0. The Hall–Kier alpha value is -6.96. The monoisotopic (exact) mass is 673 g/mol. The summed E-state index contributed by atoms with van der Waals surface area (Å²) in [5.41, 5.74) is 10.6. The van der Waals surface area contributed by atoms with E-state index in [0.717, 1.165) is 17.1 Å². The van der Waals surface area contributed by atoms with Gasteiger partial charge in [0.05, 0.1) is 0 Å². The molecule has 0 saturated carbocycles. The maximum atomic E-state index is 2.41. The topological polar surface area (TPSA) is 3.24 Å². The Kier molecular flexibility index (Phi) is 7.55. The van der Waals surface area contributed by atoms with E-state index in [4.69, 9.17) is 0 Å². The zero-order valence-electron chi connectivity index (χ0n) is 29.2. The fourth-order valence-electron chi connectivity index (χ4n) is 7.97. The van der Waals surface area contributed by atoms with Gasteiger partial charge in [0.1, 0.15) is 0 Å². The van der Waals surface area contributed by atoms with Crippen LogP contribution in [0.15, 0.2) is 212 Å². The molecule has 10 aromatic rings. The third-order valence-corrected chi connectivity index (χ3v) is 10.6. The van der Waals surface area contributed by atoms with Crippen molar-refractivity contribution in [2.45, 2.75) is 0 Å². The predicted octanol–water partition coefficient (Wildman–Crippen LogP) is 14.8. The zero-order chi connectivity index (χ0) is 35.1. The molecule has 0 aliphatic rings. The second-order valence-electron chi connectivity index (χ2n) is 13.8. The number of hydrogen-bond acceptors (Lipinski definition) is 1. The van der Waals surface area contributed by atoms with Crippen molar-refractivity contribution in [3.63, 3.8) is 0 Å². The minimum absolute atomic E-state index is 1.10. The van der Waals surface area contributed by atoms with Crippen molar-refractivity contribution in [3.05, 3.63) is 212 Å². The maximum Gasteiger partial charge on any atom is 0.0468 e. The second-order valence-corrected chi connectivity index (χ2v) is 13.8. The van der Waals surface area contributed by atoms with Crippen LogP contribution in [0.5, 0.6) is 0 Å². The highest BCUT2D eigenvalue weighted by Gasteiger charge is 2.18. The molecule has 0 aromatic heterocycles. The number of fused-ring (bicyclic) bond motifs is 5. The third-order valence-electron chi connectivity index (χ3n) is 10.6. The van der Waals surface area contributed by atoms with E-state index in [1.165, 1.54) is 76.5 Å². The Bertz CT molecular complexity index is 2940. The molecule has 1 nitrogen and oxygen atoms in total. The van der Waals surface area contributed by atoms with E-state index in [2.05, 4.69) is 217 Å². The highest BCUT2D eigenvalue weighted by Crippen LogP contribution is 2.43. The molecule has 0 saturated heterocycles. The molecule has 10 rings (SSSR count). The highest BCUT2D eigenvalue weighted by atomic mass is 15.1. The molecule has 0 bridgehead atoms. The Morgan fingerprint density at radius 3 is 1.58 bits per heavy atom. The van der Waals surface area contributed by atoms with Crippen LogP contribution in [-0.4, -0.2) is 0 Å². The molecule has 0 fully saturated rings. The van der Waals surface area contributed by atoms with Gasteiger partial charge in [-0.1, -0.05) is 170 Å². The summed E-state index contributed by atoms with van der Waals surface area (Å²) in [7, 11) is 0. The van der Waals surface area contributed by atoms with Gasteiger partial charge in [-0.25, -0.2) is 0 Å². The normalized spacial score (nSPS) is 11.4. The summed E-state index contributed by atoms with van der Waals surface area (Å²) < 4.78 is 0. The lowest BCUT2D eigenvalue weighted by Gasteiger charge is -2.27. The molecule has 0 amide bonds. The van der Waals surface area contributed by atoms with Crippen molar-refractivity contribution in [1.82, 2.24) is 0 Å². The molecular weight excluding hydrogens is 639 g/mol. The molecule has 0 spiro atoms. The van der Waals surface area contributed by atoms with Crippen molar-refractivity contribution in [3.8, 4) is 33.4 Å². The van der Waals surface area contributed by atoms with Crippen LogP contribution in [-0.2, 0) is 0 Å². The molecule has 0 unspecified atom stereocenters. The van der Waals surface area contributed by atoms with E-state index in [1.807, 2.05) is 0 Å². The predicted molar refractivity (Wildman–Crippen MR) is 227 cm³/mol. The quantitative estimate of drug-likeness (QED) is 0.159. The van der Waals surface area contributed by atoms with E-state index in [0.29, 0.717) is 0 Å². The van der Waals surface area contributed by atoms with Crippen molar-refractivity contribution in [2.24, 2.45) is 0 Å². The van der Waals surface area contributed by atoms with Crippen LogP contribution in [0, 0.1) is 0 Å². The van der Waals surface area contributed by atoms with Crippen molar-refractivity contribution in [1.29, 1.82) is 0 Å². The molecule has 0 N–H and O–H groups in total. The largest absolute Gasteiger partial charge is 0.310 e. The van der Waals surface area contributed by atoms with Gasteiger partial charge in [-0.2, -0.15) is 0 Å². The van der Waals surface area contributed by atoms with Crippen LogP contribution in [0.2, 0.25) is 0 Å². The second kappa shape index (κ2) is 13.0. The van der Waals surface area contributed by atoms with Crippen LogP contribution in [0.4, 0.5) is 17.1 Å². The number of benzene rings is 10. The number of nitrogens with zero attached hydrogens (tertiary/aromatic N) is 1. The highest BCUT2D eigenvalue weighted by molar-refractivity contribution is 6.09. The number of hydrogen-bond donors (Lipinski definition) is 0. The molecule has 248 valence electrons. The van der Waals surface area contributed by atoms with Gasteiger partial charge in [0.15, 0.2) is 0 Å². The third kappa shape index (κ3) is 5.60. The molecule has 1 heteroatoms. The van der Waals surface area contributed by atoms with E-state index >= 15 is 0 Å². The Balaban J connectivity index is 1.17. The summed E-state index contributed by atoms with van der Waals surface area (Å²) in [6.45, 7) is 0. The smallest absolute Gasteiger partial charge is 0.0468 e. The van der Waals surface area contributed by atoms with Crippen LogP contribution in [0.3, 0.4) is 0 Å². The SMILES string of the molecule is c1ccc(-c2cc(N(c3ccc(-c4ccc5ccccc5c4)cc3)c3ccc4ccc5ccccc5c4c3)ccc2-c2cccc3ccccc23)cc1. The summed E-state index contributed by atoms with van der Waals surface area (Å²) in [6.07, 6.45) is 0. The van der Waals surface area contributed by atoms with Crippen LogP contribution in [0.25, 0.3) is 76.5 Å². The zero-order valence-corrected chi connectivity index (χ0v) is 29.2. The van der Waals surface area contributed by atoms with Gasteiger partial charge >= 0.3 is 0 Å². The van der Waals surface area contributed by atoms with Gasteiger partial charge in [0.2, 0.25) is 0 Å². The Morgan fingerprint density at radius 1 is 0.226 bits per heavy atom. The average molecular weight is 674 g/mol. The van der Waals surface area contributed by atoms with Crippen molar-refractivity contribution < 1.29 is 0 Å². The minimum Gasteiger partial charge on any atom is -0.310 e. The van der Waals surface area contributed by atoms with Gasteiger partial charge in [-0.15, -0.1) is 0 Å². The van der Waals surface area contributed by atoms with Gasteiger partial charge in [0.25, 0.3) is 0 Å². The van der Waals surface area contributed by atoms with Crippen molar-refractivity contribution in [2.75, 3.05) is 4.90 Å². The van der Waals surface area contributed by atoms with Crippen molar-refractivity contribution >= 4 is 60.2 Å². The van der Waals surface area contributed by atoms with Crippen LogP contribution >= 0.6 is 0 Å². The average Bonchev–Trinajstić information content (AvgIpc) is 3.24. The number of rotatable bonds is 6. The summed E-state index contributed by atoms with van der Waals surface area (Å²) in [4.78, 5) is 2.41. The summed E-state index contributed by atoms with van der Waals surface area (Å²) in [6, 6.07) is 77.4. The molecular formula is C52H35N. The standard InChI is InChI=1S/C52H35N/c1-2-12-39(13-3-1)52-35-46(31-32-50(52)49-20-10-17-38-14-6-8-18-47(38)49)53(45-30-27-41-23-22-40-15-7-9-19-48(40)51(41)34-45)44-28-25-37(26-29-44)43-24-21-36-11-4-5-16-42(36)33-43/h1-35H. The molecule has 53 heavy (non-hydrogen) atoms. The number of anilines is 3. The molecule has 0 aliphatic heterocycles. The molecule has 0 heterocycles. The van der Waals surface area contributed by atoms with E-state index in [1.54, 1.807) is 0 Å². The minimum atomic E-state index is 1.10. The molecule has 0 aliphatic carbocycles. The lowest BCUT2D eigenvalue weighted by Crippen LogP contribution is -2.10. The van der Waals surface area contributed by atoms with Crippen LogP contribution < -0.4 is 4.90 Å². The van der Waals surface area contributed by atoms with Gasteiger partial charge < -0.3 is 4.90 Å². The first-order valence-corrected chi connectivity index (χ1v) is 18.3. The molecule has 10 aromatic carbocycles. The van der Waals surface area contributed by atoms with Gasteiger partial charge in [-0.05, 0) is 119 Å². The summed E-state index contributed by atoms with van der Waals surface area (Å²) in [5.74, 6) is 0. The fraction of sp³-hybridized carbons (Fsp3) is 0. The van der Waals surface area contributed by atoms with E-state index in [9.17, 15) is 0 Å². The molecule has 0 atom stereocenters.